The zero-order valence-electron chi connectivity index (χ0n) is 11.7. The molecular formula is C14H19ClN2O3S. The van der Waals surface area contributed by atoms with Crippen LogP contribution in [0.4, 0.5) is 5.69 Å². The molecule has 1 heterocycles. The summed E-state index contributed by atoms with van der Waals surface area (Å²) in [7, 11) is -3.56. The van der Waals surface area contributed by atoms with Crippen LogP contribution < -0.4 is 5.73 Å². The van der Waals surface area contributed by atoms with Gasteiger partial charge in [-0.1, -0.05) is 24.4 Å². The van der Waals surface area contributed by atoms with Gasteiger partial charge < -0.3 is 10.5 Å². The summed E-state index contributed by atoms with van der Waals surface area (Å²) in [5.41, 5.74) is 6.04. The second-order valence-electron chi connectivity index (χ2n) is 5.56. The minimum atomic E-state index is -3.56. The molecular weight excluding hydrogens is 312 g/mol. The van der Waals surface area contributed by atoms with Gasteiger partial charge in [-0.05, 0) is 31.0 Å². The Morgan fingerprint density at radius 2 is 2.05 bits per heavy atom. The fourth-order valence-electron chi connectivity index (χ4n) is 3.16. The first-order chi connectivity index (χ1) is 10.00. The summed E-state index contributed by atoms with van der Waals surface area (Å²) < 4.78 is 33.1. The fraction of sp³-hybridized carbons (Fsp3) is 0.571. The lowest BCUT2D eigenvalue weighted by molar-refractivity contribution is -0.0586. The molecule has 1 aliphatic carbocycles. The highest BCUT2D eigenvalue weighted by Gasteiger charge is 2.40. The second kappa shape index (κ2) is 5.76. The highest BCUT2D eigenvalue weighted by Crippen LogP contribution is 2.33. The van der Waals surface area contributed by atoms with Gasteiger partial charge >= 0.3 is 0 Å². The van der Waals surface area contributed by atoms with Crippen LogP contribution in [-0.4, -0.2) is 38.0 Å². The van der Waals surface area contributed by atoms with Crippen molar-refractivity contribution in [2.45, 2.75) is 42.7 Å². The Kier molecular flexibility index (Phi) is 4.14. The maximum Gasteiger partial charge on any atom is 0.243 e. The van der Waals surface area contributed by atoms with E-state index in [1.54, 1.807) is 4.31 Å². The fourth-order valence-corrected chi connectivity index (χ4v) is 5.10. The van der Waals surface area contributed by atoms with Gasteiger partial charge in [0.05, 0.1) is 34.4 Å². The van der Waals surface area contributed by atoms with Crippen LogP contribution in [0.2, 0.25) is 5.02 Å². The molecule has 1 aromatic rings. The van der Waals surface area contributed by atoms with Crippen molar-refractivity contribution in [3.63, 3.8) is 0 Å². The zero-order valence-corrected chi connectivity index (χ0v) is 13.2. The Labute approximate surface area is 130 Å². The van der Waals surface area contributed by atoms with Crippen molar-refractivity contribution in [1.82, 2.24) is 4.31 Å². The molecule has 0 amide bonds. The molecule has 2 aliphatic rings. The summed E-state index contributed by atoms with van der Waals surface area (Å²) in [5, 5.41) is 0.268. The van der Waals surface area contributed by atoms with E-state index in [1.807, 2.05) is 0 Å². The van der Waals surface area contributed by atoms with Crippen molar-refractivity contribution < 1.29 is 13.2 Å². The lowest BCUT2D eigenvalue weighted by atomic mass is 9.91. The maximum absolute atomic E-state index is 12.9. The number of halogens is 1. The number of nitrogens with zero attached hydrogens (tertiary/aromatic N) is 1. The summed E-state index contributed by atoms with van der Waals surface area (Å²) in [6, 6.07) is 4.42. The van der Waals surface area contributed by atoms with Crippen molar-refractivity contribution in [2.24, 2.45) is 0 Å². The molecule has 7 heteroatoms. The first-order valence-electron chi connectivity index (χ1n) is 7.18. The van der Waals surface area contributed by atoms with E-state index in [2.05, 4.69) is 0 Å². The lowest BCUT2D eigenvalue weighted by Crippen LogP contribution is -2.54. The topological polar surface area (TPSA) is 72.6 Å². The Hall–Kier alpha value is -0.820. The number of benzene rings is 1. The molecule has 0 radical (unpaired) electrons. The number of ether oxygens (including phenoxy) is 1. The van der Waals surface area contributed by atoms with Gasteiger partial charge in [0.15, 0.2) is 0 Å². The van der Waals surface area contributed by atoms with Crippen LogP contribution in [0.1, 0.15) is 25.7 Å². The van der Waals surface area contributed by atoms with Gasteiger partial charge in [-0.3, -0.25) is 0 Å². The highest BCUT2D eigenvalue weighted by molar-refractivity contribution is 7.89. The minimum absolute atomic E-state index is 0.0199. The SMILES string of the molecule is Nc1ccc(S(=O)(=O)N2CCOC3CCCCC32)cc1Cl. The molecule has 1 saturated heterocycles. The number of hydrogen-bond donors (Lipinski definition) is 1. The smallest absolute Gasteiger partial charge is 0.243 e. The molecule has 1 aliphatic heterocycles. The molecule has 2 N–H and O–H groups in total. The molecule has 2 unspecified atom stereocenters. The predicted octanol–water partition coefficient (Wildman–Crippen LogP) is 2.25. The van der Waals surface area contributed by atoms with Crippen molar-refractivity contribution in [3.8, 4) is 0 Å². The normalized spacial score (nSPS) is 27.3. The standard InChI is InChI=1S/C14H19ClN2O3S/c15-11-9-10(5-6-12(11)16)21(18,19)17-7-8-20-14-4-2-1-3-13(14)17/h5-6,9,13-14H,1-4,7-8,16H2. The summed E-state index contributed by atoms with van der Waals surface area (Å²) in [6.07, 6.45) is 3.94. The van der Waals surface area contributed by atoms with Gasteiger partial charge in [0.2, 0.25) is 10.0 Å². The van der Waals surface area contributed by atoms with Crippen LogP contribution in [0.25, 0.3) is 0 Å². The number of fused-ring (bicyclic) bond motifs is 1. The highest BCUT2D eigenvalue weighted by atomic mass is 35.5. The summed E-state index contributed by atoms with van der Waals surface area (Å²) in [6.45, 7) is 0.842. The Bertz CT molecular complexity index is 633. The monoisotopic (exact) mass is 330 g/mol. The average molecular weight is 331 g/mol. The minimum Gasteiger partial charge on any atom is -0.398 e. The predicted molar refractivity (Wildman–Crippen MR) is 81.8 cm³/mol. The number of anilines is 1. The summed E-state index contributed by atoms with van der Waals surface area (Å²) in [4.78, 5) is 0.202. The number of rotatable bonds is 2. The number of hydrogen-bond acceptors (Lipinski definition) is 4. The van der Waals surface area contributed by atoms with E-state index in [9.17, 15) is 8.42 Å². The third-order valence-electron chi connectivity index (χ3n) is 4.26. The van der Waals surface area contributed by atoms with Crippen LogP contribution in [0.15, 0.2) is 23.1 Å². The van der Waals surface area contributed by atoms with E-state index in [-0.39, 0.29) is 22.1 Å². The van der Waals surface area contributed by atoms with Gasteiger partial charge in [-0.25, -0.2) is 8.42 Å². The number of nitrogens with two attached hydrogens (primary N) is 1. The van der Waals surface area contributed by atoms with Crippen LogP contribution in [0.3, 0.4) is 0 Å². The van der Waals surface area contributed by atoms with Crippen molar-refractivity contribution in [3.05, 3.63) is 23.2 Å². The van der Waals surface area contributed by atoms with Gasteiger partial charge in [-0.15, -0.1) is 0 Å². The molecule has 21 heavy (non-hydrogen) atoms. The Morgan fingerprint density at radius 3 is 2.81 bits per heavy atom. The third kappa shape index (κ3) is 2.77. The van der Waals surface area contributed by atoms with E-state index < -0.39 is 10.0 Å². The number of sulfonamides is 1. The van der Waals surface area contributed by atoms with Crippen molar-refractivity contribution >= 4 is 27.3 Å². The molecule has 5 nitrogen and oxygen atoms in total. The van der Waals surface area contributed by atoms with Gasteiger partial charge in [-0.2, -0.15) is 4.31 Å². The van der Waals surface area contributed by atoms with E-state index >= 15 is 0 Å². The first-order valence-corrected chi connectivity index (χ1v) is 9.00. The second-order valence-corrected chi connectivity index (χ2v) is 7.86. The molecule has 116 valence electrons. The Balaban J connectivity index is 1.94. The van der Waals surface area contributed by atoms with Crippen LogP contribution in [-0.2, 0) is 14.8 Å². The third-order valence-corrected chi connectivity index (χ3v) is 6.51. The number of morpholine rings is 1. The molecule has 0 spiro atoms. The zero-order chi connectivity index (χ0) is 15.0. The van der Waals surface area contributed by atoms with Gasteiger partial charge in [0.1, 0.15) is 0 Å². The molecule has 3 rings (SSSR count). The average Bonchev–Trinajstić information content (AvgIpc) is 2.49. The number of nitrogen functional groups attached to an aromatic ring is 1. The van der Waals surface area contributed by atoms with Crippen LogP contribution in [0.5, 0.6) is 0 Å². The Morgan fingerprint density at radius 1 is 1.29 bits per heavy atom. The van der Waals surface area contributed by atoms with E-state index in [0.717, 1.165) is 25.7 Å². The van der Waals surface area contributed by atoms with Crippen molar-refractivity contribution in [1.29, 1.82) is 0 Å². The molecule has 0 bridgehead atoms. The summed E-state index contributed by atoms with van der Waals surface area (Å²) in [5.74, 6) is 0. The van der Waals surface area contributed by atoms with Crippen LogP contribution >= 0.6 is 11.6 Å². The molecule has 2 atom stereocenters. The molecule has 2 fully saturated rings. The molecule has 1 aromatic carbocycles. The van der Waals surface area contributed by atoms with Gasteiger partial charge in [0, 0.05) is 6.54 Å². The first kappa shape index (κ1) is 15.1. The van der Waals surface area contributed by atoms with E-state index in [1.165, 1.54) is 18.2 Å². The van der Waals surface area contributed by atoms with E-state index in [4.69, 9.17) is 22.1 Å². The lowest BCUT2D eigenvalue weighted by Gasteiger charge is -2.42. The molecule has 1 saturated carbocycles. The largest absolute Gasteiger partial charge is 0.398 e. The van der Waals surface area contributed by atoms with Gasteiger partial charge in [0.25, 0.3) is 0 Å². The quantitative estimate of drug-likeness (QED) is 0.844. The maximum atomic E-state index is 12.9. The van der Waals surface area contributed by atoms with E-state index in [0.29, 0.717) is 18.8 Å². The molecule has 0 aromatic heterocycles. The summed E-state index contributed by atoms with van der Waals surface area (Å²) >= 11 is 5.96. The van der Waals surface area contributed by atoms with Crippen molar-refractivity contribution in [2.75, 3.05) is 18.9 Å². The van der Waals surface area contributed by atoms with Crippen LogP contribution in [0, 0.1) is 0 Å².